The van der Waals surface area contributed by atoms with Crippen molar-refractivity contribution in [2.24, 2.45) is 0 Å². The number of hydrogen-bond acceptors (Lipinski definition) is 4. The van der Waals surface area contributed by atoms with Crippen LogP contribution in [0.15, 0.2) is 48.5 Å². The number of hydrogen-bond donors (Lipinski definition) is 0. The number of benzene rings is 2. The third-order valence-electron chi connectivity index (χ3n) is 2.92. The second-order valence-corrected chi connectivity index (χ2v) is 4.42. The highest BCUT2D eigenvalue weighted by Gasteiger charge is 2.12. The molecule has 2 aromatic carbocycles. The van der Waals surface area contributed by atoms with Crippen LogP contribution in [0.3, 0.4) is 0 Å². The fraction of sp³-hybridized carbons (Fsp3) is 0.167. The van der Waals surface area contributed by atoms with Gasteiger partial charge in [0.2, 0.25) is 0 Å². The zero-order valence-electron chi connectivity index (χ0n) is 12.2. The van der Waals surface area contributed by atoms with Crippen LogP contribution in [-0.4, -0.2) is 19.7 Å². The first kappa shape index (κ1) is 15.5. The molecule has 0 N–H and O–H groups in total. The zero-order chi connectivity index (χ0) is 15.8. The Bertz CT molecular complexity index is 671. The number of terminal acetylenes is 1. The van der Waals surface area contributed by atoms with Crippen molar-refractivity contribution in [1.29, 1.82) is 0 Å². The zero-order valence-corrected chi connectivity index (χ0v) is 12.2. The van der Waals surface area contributed by atoms with E-state index in [1.807, 2.05) is 30.3 Å². The average Bonchev–Trinajstić information content (AvgIpc) is 2.58. The average molecular weight is 296 g/mol. The number of esters is 1. The van der Waals surface area contributed by atoms with Crippen LogP contribution in [0.1, 0.15) is 15.9 Å². The summed E-state index contributed by atoms with van der Waals surface area (Å²) in [6, 6.07) is 14.6. The van der Waals surface area contributed by atoms with Crippen molar-refractivity contribution in [2.45, 2.75) is 6.61 Å². The van der Waals surface area contributed by atoms with E-state index >= 15 is 0 Å². The molecule has 0 heterocycles. The van der Waals surface area contributed by atoms with Gasteiger partial charge < -0.3 is 14.2 Å². The second-order valence-electron chi connectivity index (χ2n) is 4.42. The van der Waals surface area contributed by atoms with Gasteiger partial charge in [-0.1, -0.05) is 36.3 Å². The fourth-order valence-electron chi connectivity index (χ4n) is 1.84. The maximum atomic E-state index is 11.8. The van der Waals surface area contributed by atoms with Crippen LogP contribution < -0.4 is 9.47 Å². The fourth-order valence-corrected chi connectivity index (χ4v) is 1.84. The number of carbonyl (C=O) groups is 1. The van der Waals surface area contributed by atoms with E-state index in [4.69, 9.17) is 20.6 Å². The van der Waals surface area contributed by atoms with Gasteiger partial charge in [-0.2, -0.15) is 0 Å². The Morgan fingerprint density at radius 3 is 2.59 bits per heavy atom. The molecule has 0 radical (unpaired) electrons. The normalized spacial score (nSPS) is 9.64. The molecule has 0 saturated carbocycles. The highest BCUT2D eigenvalue weighted by Crippen LogP contribution is 2.29. The van der Waals surface area contributed by atoms with Crippen LogP contribution in [-0.2, 0) is 11.3 Å². The molecule has 112 valence electrons. The summed E-state index contributed by atoms with van der Waals surface area (Å²) in [5, 5.41) is 0. The molecule has 2 aromatic rings. The molecule has 4 nitrogen and oxygen atoms in total. The summed E-state index contributed by atoms with van der Waals surface area (Å²) in [6.07, 6.45) is 5.07. The van der Waals surface area contributed by atoms with Crippen molar-refractivity contribution in [3.8, 4) is 23.8 Å². The third-order valence-corrected chi connectivity index (χ3v) is 2.92. The van der Waals surface area contributed by atoms with Gasteiger partial charge in [0, 0.05) is 0 Å². The lowest BCUT2D eigenvalue weighted by Crippen LogP contribution is -2.06. The lowest BCUT2D eigenvalue weighted by atomic mass is 10.2. The first-order valence-corrected chi connectivity index (χ1v) is 6.70. The summed E-state index contributed by atoms with van der Waals surface area (Å²) in [4.78, 5) is 11.8. The number of methoxy groups -OCH3 is 1. The molecule has 0 aliphatic rings. The third kappa shape index (κ3) is 4.03. The lowest BCUT2D eigenvalue weighted by molar-refractivity contribution is 0.0556. The Labute approximate surface area is 129 Å². The van der Waals surface area contributed by atoms with E-state index in [1.54, 1.807) is 25.3 Å². The Kier molecular flexibility index (Phi) is 5.44. The topological polar surface area (TPSA) is 44.8 Å². The predicted octanol–water partition coefficient (Wildman–Crippen LogP) is 3.06. The quantitative estimate of drug-likeness (QED) is 0.607. The summed E-state index contributed by atoms with van der Waals surface area (Å²) < 4.78 is 15.9. The summed E-state index contributed by atoms with van der Waals surface area (Å²) >= 11 is 0. The van der Waals surface area contributed by atoms with Crippen molar-refractivity contribution in [3.05, 3.63) is 59.7 Å². The molecule has 0 saturated heterocycles. The molecule has 0 bridgehead atoms. The molecule has 0 unspecified atom stereocenters. The molecular formula is C18H16O4. The van der Waals surface area contributed by atoms with E-state index in [0.717, 1.165) is 5.56 Å². The van der Waals surface area contributed by atoms with Crippen LogP contribution in [0.25, 0.3) is 0 Å². The summed E-state index contributed by atoms with van der Waals surface area (Å²) in [7, 11) is 1.54. The van der Waals surface area contributed by atoms with Crippen LogP contribution in [0.5, 0.6) is 11.5 Å². The standard InChI is InChI=1S/C18H16O4/c1-3-11-21-18(19)15-9-10-16(20-2)17(12-15)22-13-14-7-5-4-6-8-14/h1,4-10,12H,11,13H2,2H3. The lowest BCUT2D eigenvalue weighted by Gasteiger charge is -2.12. The molecule has 0 fully saturated rings. The Morgan fingerprint density at radius 1 is 1.14 bits per heavy atom. The number of ether oxygens (including phenoxy) is 3. The van der Waals surface area contributed by atoms with E-state index in [2.05, 4.69) is 5.92 Å². The monoisotopic (exact) mass is 296 g/mol. The number of carbonyl (C=O) groups excluding carboxylic acids is 1. The summed E-state index contributed by atoms with van der Waals surface area (Å²) in [5.74, 6) is 2.78. The van der Waals surface area contributed by atoms with Crippen molar-refractivity contribution < 1.29 is 19.0 Å². The molecule has 4 heteroatoms. The molecule has 2 rings (SSSR count). The summed E-state index contributed by atoms with van der Waals surface area (Å²) in [6.45, 7) is 0.311. The van der Waals surface area contributed by atoms with Crippen molar-refractivity contribution >= 4 is 5.97 Å². The van der Waals surface area contributed by atoms with Crippen LogP contribution >= 0.6 is 0 Å². The molecule has 0 aliphatic heterocycles. The van der Waals surface area contributed by atoms with Gasteiger partial charge in [0.05, 0.1) is 12.7 Å². The largest absolute Gasteiger partial charge is 0.493 e. The minimum absolute atomic E-state index is 0.0644. The van der Waals surface area contributed by atoms with Gasteiger partial charge in [0.25, 0.3) is 0 Å². The van der Waals surface area contributed by atoms with Crippen LogP contribution in [0.2, 0.25) is 0 Å². The van der Waals surface area contributed by atoms with Gasteiger partial charge in [0.15, 0.2) is 18.1 Å². The van der Waals surface area contributed by atoms with Gasteiger partial charge in [-0.25, -0.2) is 4.79 Å². The van der Waals surface area contributed by atoms with E-state index in [-0.39, 0.29) is 6.61 Å². The van der Waals surface area contributed by atoms with Gasteiger partial charge >= 0.3 is 5.97 Å². The molecule has 22 heavy (non-hydrogen) atoms. The predicted molar refractivity (Wildman–Crippen MR) is 82.9 cm³/mol. The smallest absolute Gasteiger partial charge is 0.339 e. The molecule has 0 aromatic heterocycles. The minimum Gasteiger partial charge on any atom is -0.493 e. The van der Waals surface area contributed by atoms with E-state index in [9.17, 15) is 4.79 Å². The van der Waals surface area contributed by atoms with Gasteiger partial charge in [-0.15, -0.1) is 6.42 Å². The van der Waals surface area contributed by atoms with Gasteiger partial charge in [-0.3, -0.25) is 0 Å². The maximum Gasteiger partial charge on any atom is 0.339 e. The molecule has 0 spiro atoms. The second kappa shape index (κ2) is 7.75. The number of rotatable bonds is 6. The van der Waals surface area contributed by atoms with Gasteiger partial charge in [0.1, 0.15) is 6.61 Å². The minimum atomic E-state index is -0.495. The first-order chi connectivity index (χ1) is 10.7. The molecule has 0 aliphatic carbocycles. The Morgan fingerprint density at radius 2 is 1.91 bits per heavy atom. The SMILES string of the molecule is C#CCOC(=O)c1ccc(OC)c(OCc2ccccc2)c1. The van der Waals surface area contributed by atoms with E-state index in [1.165, 1.54) is 0 Å². The van der Waals surface area contributed by atoms with E-state index < -0.39 is 5.97 Å². The first-order valence-electron chi connectivity index (χ1n) is 6.70. The van der Waals surface area contributed by atoms with Crippen LogP contribution in [0.4, 0.5) is 0 Å². The molecule has 0 amide bonds. The molecular weight excluding hydrogens is 280 g/mol. The maximum absolute atomic E-state index is 11.8. The van der Waals surface area contributed by atoms with Crippen LogP contribution in [0, 0.1) is 12.3 Å². The Hall–Kier alpha value is -2.93. The van der Waals surface area contributed by atoms with E-state index in [0.29, 0.717) is 23.7 Å². The van der Waals surface area contributed by atoms with Crippen molar-refractivity contribution in [2.75, 3.05) is 13.7 Å². The van der Waals surface area contributed by atoms with Gasteiger partial charge in [-0.05, 0) is 23.8 Å². The molecule has 0 atom stereocenters. The highest BCUT2D eigenvalue weighted by molar-refractivity contribution is 5.90. The summed E-state index contributed by atoms with van der Waals surface area (Å²) in [5.41, 5.74) is 1.38. The Balaban J connectivity index is 2.14. The van der Waals surface area contributed by atoms with Crippen molar-refractivity contribution in [1.82, 2.24) is 0 Å². The highest BCUT2D eigenvalue weighted by atomic mass is 16.5. The van der Waals surface area contributed by atoms with Crippen molar-refractivity contribution in [3.63, 3.8) is 0 Å².